The van der Waals surface area contributed by atoms with Crippen molar-refractivity contribution in [2.24, 2.45) is 10.3 Å². The Morgan fingerprint density at radius 3 is 2.53 bits per heavy atom. The maximum absolute atomic E-state index is 14.2. The molecule has 1 amide bonds. The first-order chi connectivity index (χ1) is 14.5. The standard InChI is InChI=1S/C21H23ClFN3O4/c1-4-29-13-19(15-8-5-6-11-18(15)23)25-30-12-16-14(9-7-10-17(16)22)20(26-28-3)21(27)24-2/h5-11H,4,12-13H2,1-3H3,(H,24,27)/b25-19+,26-20+. The van der Waals surface area contributed by atoms with Crippen molar-refractivity contribution in [1.29, 1.82) is 0 Å². The maximum Gasteiger partial charge on any atom is 0.273 e. The van der Waals surface area contributed by atoms with Crippen LogP contribution in [-0.2, 0) is 25.8 Å². The first-order valence-corrected chi connectivity index (χ1v) is 9.53. The van der Waals surface area contributed by atoms with E-state index >= 15 is 0 Å². The summed E-state index contributed by atoms with van der Waals surface area (Å²) in [7, 11) is 2.81. The molecule has 0 fully saturated rings. The van der Waals surface area contributed by atoms with Crippen LogP contribution < -0.4 is 5.32 Å². The molecule has 0 aliphatic rings. The molecular formula is C21H23ClFN3O4. The lowest BCUT2D eigenvalue weighted by Crippen LogP contribution is -2.29. The van der Waals surface area contributed by atoms with Crippen molar-refractivity contribution in [3.05, 3.63) is 70.0 Å². The van der Waals surface area contributed by atoms with Gasteiger partial charge in [-0.2, -0.15) is 0 Å². The highest BCUT2D eigenvalue weighted by molar-refractivity contribution is 6.46. The Morgan fingerprint density at radius 2 is 1.87 bits per heavy atom. The van der Waals surface area contributed by atoms with Crippen molar-refractivity contribution in [2.75, 3.05) is 27.4 Å². The number of hydrogen-bond donors (Lipinski definition) is 1. The number of halogens is 2. The van der Waals surface area contributed by atoms with Crippen LogP contribution in [0, 0.1) is 5.82 Å². The van der Waals surface area contributed by atoms with Crippen LogP contribution in [0.15, 0.2) is 52.8 Å². The van der Waals surface area contributed by atoms with Gasteiger partial charge in [0.25, 0.3) is 5.91 Å². The van der Waals surface area contributed by atoms with Crippen molar-refractivity contribution in [3.63, 3.8) is 0 Å². The Balaban J connectivity index is 2.34. The van der Waals surface area contributed by atoms with Crippen molar-refractivity contribution in [1.82, 2.24) is 5.32 Å². The maximum atomic E-state index is 14.2. The van der Waals surface area contributed by atoms with E-state index < -0.39 is 11.7 Å². The van der Waals surface area contributed by atoms with Crippen LogP contribution >= 0.6 is 11.6 Å². The van der Waals surface area contributed by atoms with Crippen LogP contribution in [0.5, 0.6) is 0 Å². The normalized spacial score (nSPS) is 11.9. The minimum atomic E-state index is -0.452. The quantitative estimate of drug-likeness (QED) is 0.457. The second kappa shape index (κ2) is 11.9. The van der Waals surface area contributed by atoms with E-state index in [2.05, 4.69) is 15.6 Å². The van der Waals surface area contributed by atoms with Crippen LogP contribution in [0.2, 0.25) is 5.02 Å². The van der Waals surface area contributed by atoms with Crippen molar-refractivity contribution in [2.45, 2.75) is 13.5 Å². The van der Waals surface area contributed by atoms with Crippen LogP contribution in [-0.4, -0.2) is 44.7 Å². The molecule has 0 aromatic heterocycles. The first kappa shape index (κ1) is 23.3. The van der Waals surface area contributed by atoms with Gasteiger partial charge in [-0.1, -0.05) is 46.2 Å². The Hall–Kier alpha value is -2.97. The molecule has 0 radical (unpaired) electrons. The fourth-order valence-corrected chi connectivity index (χ4v) is 2.80. The molecule has 2 aromatic carbocycles. The number of hydrogen-bond acceptors (Lipinski definition) is 6. The molecule has 2 aromatic rings. The third-order valence-electron chi connectivity index (χ3n) is 4.01. The van der Waals surface area contributed by atoms with Gasteiger partial charge in [-0.25, -0.2) is 4.39 Å². The fourth-order valence-electron chi connectivity index (χ4n) is 2.57. The van der Waals surface area contributed by atoms with Gasteiger partial charge >= 0.3 is 0 Å². The lowest BCUT2D eigenvalue weighted by atomic mass is 10.0. The molecule has 0 bridgehead atoms. The lowest BCUT2D eigenvalue weighted by Gasteiger charge is -2.13. The van der Waals surface area contributed by atoms with Gasteiger partial charge in [0.15, 0.2) is 5.71 Å². The number of amides is 1. The van der Waals surface area contributed by atoms with Gasteiger partial charge < -0.3 is 19.7 Å². The van der Waals surface area contributed by atoms with Gasteiger partial charge in [-0.15, -0.1) is 0 Å². The summed E-state index contributed by atoms with van der Waals surface area (Å²) in [6.45, 7) is 2.25. The third kappa shape index (κ3) is 6.01. The molecule has 0 atom stereocenters. The summed E-state index contributed by atoms with van der Waals surface area (Å²) in [5.74, 6) is -0.889. The SMILES string of the molecule is CCOC/C(=N\OCc1c(Cl)cccc1/C(=N\OC)C(=O)NC)c1ccccc1F. The number of carbonyl (C=O) groups excluding carboxylic acids is 1. The van der Waals surface area contributed by atoms with E-state index in [9.17, 15) is 9.18 Å². The van der Waals surface area contributed by atoms with E-state index in [0.29, 0.717) is 28.5 Å². The van der Waals surface area contributed by atoms with Gasteiger partial charge in [0.05, 0.1) is 6.61 Å². The Kier molecular flexibility index (Phi) is 9.24. The monoisotopic (exact) mass is 435 g/mol. The first-order valence-electron chi connectivity index (χ1n) is 9.15. The highest BCUT2D eigenvalue weighted by Crippen LogP contribution is 2.22. The molecule has 0 saturated carbocycles. The molecule has 2 rings (SSSR count). The molecule has 0 saturated heterocycles. The predicted octanol–water partition coefficient (Wildman–Crippen LogP) is 3.53. The van der Waals surface area contributed by atoms with Crippen molar-refractivity contribution < 1.29 is 23.6 Å². The van der Waals surface area contributed by atoms with E-state index in [1.54, 1.807) is 36.4 Å². The minimum absolute atomic E-state index is 0.0359. The molecule has 0 aliphatic heterocycles. The number of carbonyl (C=O) groups is 1. The second-order valence-corrected chi connectivity index (χ2v) is 6.30. The van der Waals surface area contributed by atoms with Crippen LogP contribution in [0.4, 0.5) is 4.39 Å². The predicted molar refractivity (Wildman–Crippen MR) is 113 cm³/mol. The van der Waals surface area contributed by atoms with Gasteiger partial charge in [-0.05, 0) is 25.1 Å². The van der Waals surface area contributed by atoms with Crippen molar-refractivity contribution in [3.8, 4) is 0 Å². The smallest absolute Gasteiger partial charge is 0.273 e. The average Bonchev–Trinajstić information content (AvgIpc) is 2.75. The number of oxime groups is 2. The lowest BCUT2D eigenvalue weighted by molar-refractivity contribution is -0.114. The van der Waals surface area contributed by atoms with Crippen molar-refractivity contribution >= 4 is 28.9 Å². The second-order valence-electron chi connectivity index (χ2n) is 5.90. The third-order valence-corrected chi connectivity index (χ3v) is 4.36. The number of nitrogens with one attached hydrogen (secondary N) is 1. The van der Waals surface area contributed by atoms with Crippen LogP contribution in [0.1, 0.15) is 23.6 Å². The van der Waals surface area contributed by atoms with Crippen LogP contribution in [0.25, 0.3) is 0 Å². The summed E-state index contributed by atoms with van der Waals surface area (Å²) in [6.07, 6.45) is 0. The Morgan fingerprint density at radius 1 is 1.13 bits per heavy atom. The summed E-state index contributed by atoms with van der Waals surface area (Å²) in [6, 6.07) is 11.2. The number of ether oxygens (including phenoxy) is 1. The topological polar surface area (TPSA) is 81.5 Å². The zero-order valence-electron chi connectivity index (χ0n) is 16.9. The Labute approximate surface area is 179 Å². The molecule has 0 spiro atoms. The Bertz CT molecular complexity index is 934. The number of nitrogens with zero attached hydrogens (tertiary/aromatic N) is 2. The largest absolute Gasteiger partial charge is 0.398 e. The van der Waals surface area contributed by atoms with E-state index in [1.807, 2.05) is 6.92 Å². The summed E-state index contributed by atoms with van der Waals surface area (Å²) >= 11 is 6.32. The highest BCUT2D eigenvalue weighted by Gasteiger charge is 2.20. The van der Waals surface area contributed by atoms with Gasteiger partial charge in [0.1, 0.15) is 25.2 Å². The highest BCUT2D eigenvalue weighted by atomic mass is 35.5. The zero-order valence-corrected chi connectivity index (χ0v) is 17.7. The summed E-state index contributed by atoms with van der Waals surface area (Å²) in [5, 5.41) is 10.7. The molecule has 0 unspecified atom stereocenters. The van der Waals surface area contributed by atoms with Gasteiger partial charge in [0, 0.05) is 35.4 Å². The average molecular weight is 436 g/mol. The summed E-state index contributed by atoms with van der Waals surface area (Å²) in [5.41, 5.74) is 1.51. The summed E-state index contributed by atoms with van der Waals surface area (Å²) < 4.78 is 19.6. The van der Waals surface area contributed by atoms with E-state index in [4.69, 9.17) is 26.0 Å². The number of rotatable bonds is 10. The summed E-state index contributed by atoms with van der Waals surface area (Å²) in [4.78, 5) is 22.5. The fraction of sp³-hybridized carbons (Fsp3) is 0.286. The number of benzene rings is 2. The minimum Gasteiger partial charge on any atom is -0.398 e. The molecule has 0 heterocycles. The molecule has 1 N–H and O–H groups in total. The molecular weight excluding hydrogens is 413 g/mol. The molecule has 160 valence electrons. The molecule has 9 heteroatoms. The van der Waals surface area contributed by atoms with Gasteiger partial charge in [0.2, 0.25) is 0 Å². The molecule has 7 nitrogen and oxygen atoms in total. The van der Waals surface area contributed by atoms with Gasteiger partial charge in [-0.3, -0.25) is 4.79 Å². The molecule has 30 heavy (non-hydrogen) atoms. The van der Waals surface area contributed by atoms with E-state index in [0.717, 1.165) is 0 Å². The number of likely N-dealkylation sites (N-methyl/N-ethyl adjacent to an activating group) is 1. The van der Waals surface area contributed by atoms with E-state index in [1.165, 1.54) is 20.2 Å². The molecule has 0 aliphatic carbocycles. The zero-order chi connectivity index (χ0) is 21.9. The van der Waals surface area contributed by atoms with Crippen LogP contribution in [0.3, 0.4) is 0 Å². The van der Waals surface area contributed by atoms with E-state index in [-0.39, 0.29) is 24.5 Å².